The van der Waals surface area contributed by atoms with E-state index in [-0.39, 0.29) is 24.0 Å². The SMILES string of the molecule is CCc1ccccc1CNC(=NC)NCc1cccc(COC)c1.I. The first-order chi connectivity index (χ1) is 11.8. The van der Waals surface area contributed by atoms with Crippen LogP contribution in [0.4, 0.5) is 0 Å². The van der Waals surface area contributed by atoms with Gasteiger partial charge in [-0.3, -0.25) is 4.99 Å². The molecule has 0 unspecified atom stereocenters. The van der Waals surface area contributed by atoms with Crippen molar-refractivity contribution in [2.75, 3.05) is 14.2 Å². The molecule has 0 aliphatic heterocycles. The molecule has 0 atom stereocenters. The molecule has 0 aromatic heterocycles. The van der Waals surface area contributed by atoms with Crippen LogP contribution in [0.15, 0.2) is 53.5 Å². The third-order valence-electron chi connectivity index (χ3n) is 3.93. The van der Waals surface area contributed by atoms with E-state index < -0.39 is 0 Å². The Bertz CT molecular complexity index is 673. The first-order valence-corrected chi connectivity index (χ1v) is 8.34. The van der Waals surface area contributed by atoms with E-state index in [1.165, 1.54) is 22.3 Å². The highest BCUT2D eigenvalue weighted by atomic mass is 127. The van der Waals surface area contributed by atoms with Crippen LogP contribution >= 0.6 is 24.0 Å². The zero-order valence-electron chi connectivity index (χ0n) is 15.2. The number of nitrogens with zero attached hydrogens (tertiary/aromatic N) is 1. The quantitative estimate of drug-likeness (QED) is 0.380. The second-order valence-corrected chi connectivity index (χ2v) is 5.65. The molecule has 2 aromatic carbocycles. The normalized spacial score (nSPS) is 10.9. The summed E-state index contributed by atoms with van der Waals surface area (Å²) in [7, 11) is 3.51. The Kier molecular flexibility index (Phi) is 10.2. The molecule has 5 heteroatoms. The fraction of sp³-hybridized carbons (Fsp3) is 0.350. The molecule has 2 aromatic rings. The minimum Gasteiger partial charge on any atom is -0.380 e. The van der Waals surface area contributed by atoms with E-state index in [0.29, 0.717) is 6.61 Å². The Hall–Kier alpha value is -1.60. The lowest BCUT2D eigenvalue weighted by Crippen LogP contribution is -2.36. The highest BCUT2D eigenvalue weighted by molar-refractivity contribution is 14.0. The third kappa shape index (κ3) is 7.04. The summed E-state index contributed by atoms with van der Waals surface area (Å²) >= 11 is 0. The van der Waals surface area contributed by atoms with Crippen molar-refractivity contribution < 1.29 is 4.74 Å². The van der Waals surface area contributed by atoms with E-state index in [2.05, 4.69) is 71.1 Å². The third-order valence-corrected chi connectivity index (χ3v) is 3.93. The number of hydrogen-bond donors (Lipinski definition) is 2. The summed E-state index contributed by atoms with van der Waals surface area (Å²) in [6, 6.07) is 16.9. The molecule has 0 aliphatic rings. The van der Waals surface area contributed by atoms with Crippen molar-refractivity contribution in [1.29, 1.82) is 0 Å². The van der Waals surface area contributed by atoms with Gasteiger partial charge in [-0.15, -0.1) is 24.0 Å². The fourth-order valence-corrected chi connectivity index (χ4v) is 2.66. The maximum atomic E-state index is 5.18. The Morgan fingerprint density at radius 3 is 2.32 bits per heavy atom. The molecule has 25 heavy (non-hydrogen) atoms. The largest absolute Gasteiger partial charge is 0.380 e. The van der Waals surface area contributed by atoms with Crippen LogP contribution in [0, 0.1) is 0 Å². The Balaban J connectivity index is 0.00000312. The molecule has 136 valence electrons. The van der Waals surface area contributed by atoms with Crippen molar-refractivity contribution in [3.63, 3.8) is 0 Å². The number of rotatable bonds is 7. The van der Waals surface area contributed by atoms with Gasteiger partial charge in [0.2, 0.25) is 0 Å². The van der Waals surface area contributed by atoms with Crippen LogP contribution in [0.5, 0.6) is 0 Å². The van der Waals surface area contributed by atoms with E-state index in [9.17, 15) is 0 Å². The number of nitrogens with one attached hydrogen (secondary N) is 2. The van der Waals surface area contributed by atoms with E-state index >= 15 is 0 Å². The minimum atomic E-state index is 0. The predicted molar refractivity (Wildman–Crippen MR) is 115 cm³/mol. The monoisotopic (exact) mass is 453 g/mol. The van der Waals surface area contributed by atoms with Gasteiger partial charge in [0.15, 0.2) is 5.96 Å². The highest BCUT2D eigenvalue weighted by Gasteiger charge is 2.03. The topological polar surface area (TPSA) is 45.7 Å². The lowest BCUT2D eigenvalue weighted by molar-refractivity contribution is 0.185. The van der Waals surface area contributed by atoms with E-state index in [1.807, 2.05) is 0 Å². The summed E-state index contributed by atoms with van der Waals surface area (Å²) in [5, 5.41) is 6.75. The molecular weight excluding hydrogens is 425 g/mol. The second kappa shape index (κ2) is 11.9. The predicted octanol–water partition coefficient (Wildman–Crippen LogP) is 3.88. The summed E-state index contributed by atoms with van der Waals surface area (Å²) in [5.74, 6) is 0.804. The molecule has 0 heterocycles. The summed E-state index contributed by atoms with van der Waals surface area (Å²) in [6.07, 6.45) is 1.04. The van der Waals surface area contributed by atoms with Gasteiger partial charge in [0.05, 0.1) is 6.61 Å². The molecule has 0 saturated heterocycles. The van der Waals surface area contributed by atoms with Gasteiger partial charge in [-0.25, -0.2) is 0 Å². The van der Waals surface area contributed by atoms with Crippen LogP contribution in [-0.4, -0.2) is 20.1 Å². The first-order valence-electron chi connectivity index (χ1n) is 8.34. The van der Waals surface area contributed by atoms with Crippen LogP contribution < -0.4 is 10.6 Å². The highest BCUT2D eigenvalue weighted by Crippen LogP contribution is 2.09. The van der Waals surface area contributed by atoms with E-state index in [4.69, 9.17) is 4.74 Å². The van der Waals surface area contributed by atoms with Gasteiger partial charge in [-0.2, -0.15) is 0 Å². The molecule has 4 nitrogen and oxygen atoms in total. The lowest BCUT2D eigenvalue weighted by atomic mass is 10.1. The summed E-state index contributed by atoms with van der Waals surface area (Å²) in [5.41, 5.74) is 5.07. The number of methoxy groups -OCH3 is 1. The Morgan fingerprint density at radius 1 is 0.960 bits per heavy atom. The van der Waals surface area contributed by atoms with E-state index in [0.717, 1.165) is 25.5 Å². The maximum absolute atomic E-state index is 5.18. The van der Waals surface area contributed by atoms with Gasteiger partial charge in [0, 0.05) is 27.2 Å². The van der Waals surface area contributed by atoms with Crippen molar-refractivity contribution in [2.24, 2.45) is 4.99 Å². The second-order valence-electron chi connectivity index (χ2n) is 5.65. The summed E-state index contributed by atoms with van der Waals surface area (Å²) in [6.45, 7) is 4.31. The van der Waals surface area contributed by atoms with Gasteiger partial charge in [-0.1, -0.05) is 55.5 Å². The van der Waals surface area contributed by atoms with Crippen molar-refractivity contribution in [3.8, 4) is 0 Å². The number of guanidine groups is 1. The molecule has 0 amide bonds. The molecule has 2 N–H and O–H groups in total. The molecule has 0 fully saturated rings. The van der Waals surface area contributed by atoms with Crippen molar-refractivity contribution in [2.45, 2.75) is 33.0 Å². The fourth-order valence-electron chi connectivity index (χ4n) is 2.66. The average molecular weight is 453 g/mol. The number of hydrogen-bond acceptors (Lipinski definition) is 2. The smallest absolute Gasteiger partial charge is 0.191 e. The number of aliphatic imine (C=N–C) groups is 1. The zero-order valence-corrected chi connectivity index (χ0v) is 17.5. The number of halogens is 1. The number of aryl methyl sites for hydroxylation is 1. The van der Waals surface area contributed by atoms with Crippen molar-refractivity contribution >= 4 is 29.9 Å². The van der Waals surface area contributed by atoms with Crippen LogP contribution in [0.3, 0.4) is 0 Å². The maximum Gasteiger partial charge on any atom is 0.191 e. The number of benzene rings is 2. The molecule has 0 saturated carbocycles. The summed E-state index contributed by atoms with van der Waals surface area (Å²) < 4.78 is 5.18. The van der Waals surface area contributed by atoms with Crippen molar-refractivity contribution in [3.05, 3.63) is 70.8 Å². The minimum absolute atomic E-state index is 0. The van der Waals surface area contributed by atoms with Crippen LogP contribution in [0.2, 0.25) is 0 Å². The van der Waals surface area contributed by atoms with Gasteiger partial charge in [-0.05, 0) is 28.7 Å². The van der Waals surface area contributed by atoms with Gasteiger partial charge in [0.25, 0.3) is 0 Å². The molecule has 2 rings (SSSR count). The molecule has 0 bridgehead atoms. The zero-order chi connectivity index (χ0) is 17.2. The van der Waals surface area contributed by atoms with Crippen molar-refractivity contribution in [1.82, 2.24) is 10.6 Å². The molecule has 0 radical (unpaired) electrons. The number of ether oxygens (including phenoxy) is 1. The van der Waals surface area contributed by atoms with Crippen LogP contribution in [0.1, 0.15) is 29.2 Å². The Morgan fingerprint density at radius 2 is 1.64 bits per heavy atom. The van der Waals surface area contributed by atoms with Gasteiger partial charge in [0.1, 0.15) is 0 Å². The molecule has 0 aliphatic carbocycles. The first kappa shape index (κ1) is 21.4. The van der Waals surface area contributed by atoms with Crippen LogP contribution in [-0.2, 0) is 30.9 Å². The molecular formula is C20H28IN3O. The van der Waals surface area contributed by atoms with Gasteiger partial charge >= 0.3 is 0 Å². The lowest BCUT2D eigenvalue weighted by Gasteiger charge is -2.14. The van der Waals surface area contributed by atoms with Gasteiger partial charge < -0.3 is 15.4 Å². The standard InChI is InChI=1S/C20H27N3O.HI/c1-4-18-10-5-6-11-19(18)14-23-20(21-2)22-13-16-8-7-9-17(12-16)15-24-3;/h5-12H,4,13-15H2,1-3H3,(H2,21,22,23);1H. The molecule has 0 spiro atoms. The average Bonchev–Trinajstić information content (AvgIpc) is 2.63. The van der Waals surface area contributed by atoms with E-state index in [1.54, 1.807) is 14.2 Å². The van der Waals surface area contributed by atoms with Crippen LogP contribution in [0.25, 0.3) is 0 Å². The summed E-state index contributed by atoms with van der Waals surface area (Å²) in [4.78, 5) is 4.30. The Labute approximate surface area is 168 Å².